The van der Waals surface area contributed by atoms with Crippen LogP contribution in [0.5, 0.6) is 0 Å². The lowest BCUT2D eigenvalue weighted by Crippen LogP contribution is -2.32. The highest BCUT2D eigenvalue weighted by Crippen LogP contribution is 2.48. The van der Waals surface area contributed by atoms with Gasteiger partial charge < -0.3 is 11.1 Å². The summed E-state index contributed by atoms with van der Waals surface area (Å²) in [6, 6.07) is 5.35. The fourth-order valence-electron chi connectivity index (χ4n) is 2.74. The predicted molar refractivity (Wildman–Crippen MR) is 89.6 cm³/mol. The predicted octanol–water partition coefficient (Wildman–Crippen LogP) is 3.12. The monoisotopic (exact) mass is 369 g/mol. The third-order valence-electron chi connectivity index (χ3n) is 4.39. The van der Waals surface area contributed by atoms with E-state index in [-0.39, 0.29) is 5.91 Å². The summed E-state index contributed by atoms with van der Waals surface area (Å²) in [6.07, 6.45) is -2.24. The van der Waals surface area contributed by atoms with Gasteiger partial charge in [0.25, 0.3) is 5.91 Å². The Kier molecular flexibility index (Phi) is 4.83. The van der Waals surface area contributed by atoms with E-state index < -0.39 is 17.2 Å². The molecule has 25 heavy (non-hydrogen) atoms. The number of nitrogens with one attached hydrogen (secondary N) is 1. The number of aromatic nitrogens is 1. The Labute approximate surface area is 147 Å². The molecule has 1 heterocycles. The fraction of sp³-hybridized carbons (Fsp3) is 0.412. The Morgan fingerprint density at radius 3 is 2.76 bits per heavy atom. The van der Waals surface area contributed by atoms with Crippen molar-refractivity contribution < 1.29 is 18.0 Å². The second kappa shape index (κ2) is 6.76. The number of benzene rings is 1. The molecular weight excluding hydrogens is 351 g/mol. The van der Waals surface area contributed by atoms with Gasteiger partial charge in [-0.2, -0.15) is 13.2 Å². The van der Waals surface area contributed by atoms with Crippen LogP contribution in [0.3, 0.4) is 0 Å². The molecule has 3 N–H and O–H groups in total. The average Bonchev–Trinajstić information content (AvgIpc) is 3.23. The van der Waals surface area contributed by atoms with E-state index in [4.69, 9.17) is 5.73 Å². The summed E-state index contributed by atoms with van der Waals surface area (Å²) >= 11 is 1.38. The SMILES string of the molecule is NCCc1nc(C(=O)NCC2(c3cccc(C(F)(F)F)c3)CC2)cs1. The number of amides is 1. The van der Waals surface area contributed by atoms with Gasteiger partial charge in [-0.05, 0) is 31.0 Å². The zero-order valence-electron chi connectivity index (χ0n) is 13.4. The first kappa shape index (κ1) is 17.9. The van der Waals surface area contributed by atoms with Gasteiger partial charge in [-0.3, -0.25) is 4.79 Å². The van der Waals surface area contributed by atoms with E-state index in [1.807, 2.05) is 0 Å². The lowest BCUT2D eigenvalue weighted by atomic mass is 9.94. The standard InChI is InChI=1S/C17H18F3N3OS/c18-17(19,20)12-3-1-2-11(8-12)16(5-6-16)10-22-15(24)13-9-25-14(23-13)4-7-21/h1-3,8-9H,4-7,10,21H2,(H,22,24). The van der Waals surface area contributed by atoms with Gasteiger partial charge in [0.15, 0.2) is 0 Å². The molecule has 1 aromatic heterocycles. The number of hydrogen-bond acceptors (Lipinski definition) is 4. The number of carbonyl (C=O) groups excluding carboxylic acids is 1. The number of nitrogens with two attached hydrogens (primary N) is 1. The molecule has 1 aliphatic carbocycles. The molecule has 0 atom stereocenters. The second-order valence-corrected chi connectivity index (χ2v) is 7.15. The van der Waals surface area contributed by atoms with E-state index in [2.05, 4.69) is 10.3 Å². The van der Waals surface area contributed by atoms with Crippen molar-refractivity contribution >= 4 is 17.2 Å². The van der Waals surface area contributed by atoms with Crippen LogP contribution in [0.1, 0.15) is 39.5 Å². The van der Waals surface area contributed by atoms with Crippen LogP contribution in [-0.2, 0) is 18.0 Å². The van der Waals surface area contributed by atoms with Gasteiger partial charge in [0, 0.05) is 23.8 Å². The molecule has 1 saturated carbocycles. The maximum atomic E-state index is 12.9. The minimum absolute atomic E-state index is 0.302. The first-order valence-electron chi connectivity index (χ1n) is 7.94. The van der Waals surface area contributed by atoms with E-state index in [0.717, 1.165) is 23.9 Å². The van der Waals surface area contributed by atoms with Gasteiger partial charge >= 0.3 is 6.18 Å². The minimum Gasteiger partial charge on any atom is -0.350 e. The number of nitrogens with zero attached hydrogens (tertiary/aromatic N) is 1. The molecule has 4 nitrogen and oxygen atoms in total. The molecular formula is C17H18F3N3OS. The van der Waals surface area contributed by atoms with Crippen molar-refractivity contribution in [1.82, 2.24) is 10.3 Å². The summed E-state index contributed by atoms with van der Waals surface area (Å²) in [4.78, 5) is 16.4. The van der Waals surface area contributed by atoms with Gasteiger partial charge in [0.05, 0.1) is 10.6 Å². The summed E-state index contributed by atoms with van der Waals surface area (Å²) in [5, 5.41) is 5.28. The van der Waals surface area contributed by atoms with Gasteiger partial charge in [-0.15, -0.1) is 11.3 Å². The van der Waals surface area contributed by atoms with Crippen LogP contribution >= 0.6 is 11.3 Å². The second-order valence-electron chi connectivity index (χ2n) is 6.21. The van der Waals surface area contributed by atoms with Gasteiger partial charge in [0.2, 0.25) is 0 Å². The zero-order chi connectivity index (χ0) is 18.1. The molecule has 0 aliphatic heterocycles. The van der Waals surface area contributed by atoms with Crippen LogP contribution < -0.4 is 11.1 Å². The number of hydrogen-bond donors (Lipinski definition) is 2. The fourth-order valence-corrected chi connectivity index (χ4v) is 3.53. The highest BCUT2D eigenvalue weighted by molar-refractivity contribution is 7.09. The Balaban J connectivity index is 1.67. The van der Waals surface area contributed by atoms with Crippen LogP contribution in [0.25, 0.3) is 0 Å². The van der Waals surface area contributed by atoms with E-state index >= 15 is 0 Å². The largest absolute Gasteiger partial charge is 0.416 e. The molecule has 0 bridgehead atoms. The highest BCUT2D eigenvalue weighted by Gasteiger charge is 2.45. The number of halogens is 3. The van der Waals surface area contributed by atoms with E-state index in [9.17, 15) is 18.0 Å². The van der Waals surface area contributed by atoms with Gasteiger partial charge in [-0.25, -0.2) is 4.98 Å². The summed E-state index contributed by atoms with van der Waals surface area (Å²) in [5.41, 5.74) is 5.34. The van der Waals surface area contributed by atoms with E-state index in [0.29, 0.717) is 30.8 Å². The molecule has 0 spiro atoms. The molecule has 2 aromatic rings. The van der Waals surface area contributed by atoms with Crippen LogP contribution in [0.15, 0.2) is 29.6 Å². The zero-order valence-corrected chi connectivity index (χ0v) is 14.2. The summed E-state index contributed by atoms with van der Waals surface area (Å²) < 4.78 is 38.7. The van der Waals surface area contributed by atoms with Crippen molar-refractivity contribution in [3.05, 3.63) is 51.5 Å². The lowest BCUT2D eigenvalue weighted by molar-refractivity contribution is -0.137. The van der Waals surface area contributed by atoms with Gasteiger partial charge in [0.1, 0.15) is 5.69 Å². The number of rotatable bonds is 6. The number of alkyl halides is 3. The highest BCUT2D eigenvalue weighted by atomic mass is 32.1. The summed E-state index contributed by atoms with van der Waals surface area (Å²) in [7, 11) is 0. The topological polar surface area (TPSA) is 68.0 Å². The molecule has 3 rings (SSSR count). The van der Waals surface area contributed by atoms with Crippen LogP contribution in [0.2, 0.25) is 0 Å². The molecule has 0 radical (unpaired) electrons. The third-order valence-corrected chi connectivity index (χ3v) is 5.29. The van der Waals surface area contributed by atoms with E-state index in [1.54, 1.807) is 11.4 Å². The van der Waals surface area contributed by atoms with Crippen molar-refractivity contribution in [3.8, 4) is 0 Å². The van der Waals surface area contributed by atoms with Crippen molar-refractivity contribution in [1.29, 1.82) is 0 Å². The molecule has 1 aliphatic rings. The maximum Gasteiger partial charge on any atom is 0.416 e. The third kappa shape index (κ3) is 4.01. The minimum atomic E-state index is -4.37. The quantitative estimate of drug-likeness (QED) is 0.822. The normalized spacial score (nSPS) is 15.8. The lowest BCUT2D eigenvalue weighted by Gasteiger charge is -2.18. The maximum absolute atomic E-state index is 12.9. The van der Waals surface area contributed by atoms with Crippen LogP contribution in [0, 0.1) is 0 Å². The number of carbonyl (C=O) groups is 1. The van der Waals surface area contributed by atoms with Gasteiger partial charge in [-0.1, -0.05) is 18.2 Å². The van der Waals surface area contributed by atoms with Crippen LogP contribution in [-0.4, -0.2) is 24.0 Å². The van der Waals surface area contributed by atoms with Crippen LogP contribution in [0.4, 0.5) is 13.2 Å². The Hall–Kier alpha value is -1.93. The summed E-state index contributed by atoms with van der Waals surface area (Å²) in [5.74, 6) is -0.308. The molecule has 0 unspecified atom stereocenters. The molecule has 1 amide bonds. The Morgan fingerprint density at radius 1 is 1.36 bits per heavy atom. The molecule has 1 fully saturated rings. The van der Waals surface area contributed by atoms with Crippen molar-refractivity contribution in [2.45, 2.75) is 30.9 Å². The van der Waals surface area contributed by atoms with Crippen molar-refractivity contribution in [3.63, 3.8) is 0 Å². The smallest absolute Gasteiger partial charge is 0.350 e. The average molecular weight is 369 g/mol. The first-order valence-corrected chi connectivity index (χ1v) is 8.82. The van der Waals surface area contributed by atoms with Crippen molar-refractivity contribution in [2.24, 2.45) is 5.73 Å². The Morgan fingerprint density at radius 2 is 2.12 bits per heavy atom. The molecule has 8 heteroatoms. The Bertz CT molecular complexity index is 768. The first-order chi connectivity index (χ1) is 11.8. The van der Waals surface area contributed by atoms with Crippen molar-refractivity contribution in [2.75, 3.05) is 13.1 Å². The number of thiazole rings is 1. The summed E-state index contributed by atoms with van der Waals surface area (Å²) in [6.45, 7) is 0.768. The molecule has 134 valence electrons. The molecule has 0 saturated heterocycles. The molecule has 1 aromatic carbocycles. The van der Waals surface area contributed by atoms with E-state index in [1.165, 1.54) is 23.5 Å².